The van der Waals surface area contributed by atoms with E-state index in [1.54, 1.807) is 0 Å². The van der Waals surface area contributed by atoms with Gasteiger partial charge in [-0.2, -0.15) is 0 Å². The summed E-state index contributed by atoms with van der Waals surface area (Å²) in [6, 6.07) is 14.8. The molecule has 0 amide bonds. The Kier molecular flexibility index (Phi) is 6.56. The van der Waals surface area contributed by atoms with Gasteiger partial charge in [-0.25, -0.2) is 0 Å². The number of nitrogens with zero attached hydrogens (tertiary/aromatic N) is 2. The van der Waals surface area contributed by atoms with Crippen LogP contribution >= 0.6 is 0 Å². The first-order valence-electron chi connectivity index (χ1n) is 8.02. The summed E-state index contributed by atoms with van der Waals surface area (Å²) in [5.41, 5.74) is 3.57. The molecule has 1 atom stereocenters. The van der Waals surface area contributed by atoms with Gasteiger partial charge in [0, 0.05) is 6.20 Å². The van der Waals surface area contributed by atoms with Gasteiger partial charge in [-0.05, 0) is 37.7 Å². The molecule has 0 spiro atoms. The predicted octanol–water partition coefficient (Wildman–Crippen LogP) is 3.99. The van der Waals surface area contributed by atoms with Crippen molar-refractivity contribution in [2.45, 2.75) is 33.4 Å². The van der Waals surface area contributed by atoms with Gasteiger partial charge in [-0.3, -0.25) is 9.88 Å². The highest BCUT2D eigenvalue weighted by Gasteiger charge is 2.19. The average Bonchev–Trinajstić information content (AvgIpc) is 2.57. The van der Waals surface area contributed by atoms with Gasteiger partial charge in [0.05, 0.1) is 24.9 Å². The van der Waals surface area contributed by atoms with Gasteiger partial charge in [-0.15, -0.1) is 0 Å². The Bertz CT molecular complexity index is 535. The molecular formula is C19H26N2O. The third kappa shape index (κ3) is 4.65. The molecule has 2 rings (SSSR count). The Morgan fingerprint density at radius 2 is 1.77 bits per heavy atom. The molecule has 1 heterocycles. The minimum absolute atomic E-state index is 0.210. The molecule has 1 aromatic carbocycles. The summed E-state index contributed by atoms with van der Waals surface area (Å²) >= 11 is 0. The maximum absolute atomic E-state index is 5.98. The smallest absolute Gasteiger partial charge is 0.0757 e. The first-order chi connectivity index (χ1) is 10.7. The molecule has 3 nitrogen and oxygen atoms in total. The van der Waals surface area contributed by atoms with Crippen molar-refractivity contribution >= 4 is 0 Å². The lowest BCUT2D eigenvalue weighted by atomic mass is 10.1. The Morgan fingerprint density at radius 3 is 2.36 bits per heavy atom. The molecule has 0 aliphatic rings. The number of aromatic nitrogens is 1. The second-order valence-corrected chi connectivity index (χ2v) is 5.49. The summed E-state index contributed by atoms with van der Waals surface area (Å²) in [7, 11) is 0. The van der Waals surface area contributed by atoms with Gasteiger partial charge < -0.3 is 4.74 Å². The molecule has 0 aliphatic heterocycles. The molecule has 2 aromatic rings. The van der Waals surface area contributed by atoms with Crippen molar-refractivity contribution in [2.24, 2.45) is 0 Å². The van der Waals surface area contributed by atoms with E-state index in [0.717, 1.165) is 18.8 Å². The van der Waals surface area contributed by atoms with Crippen LogP contribution in [0.4, 0.5) is 0 Å². The minimum Gasteiger partial charge on any atom is -0.375 e. The number of ether oxygens (including phenoxy) is 1. The normalized spacial score (nSPS) is 12.5. The van der Waals surface area contributed by atoms with Crippen molar-refractivity contribution in [1.82, 2.24) is 9.88 Å². The van der Waals surface area contributed by atoms with Gasteiger partial charge in [0.2, 0.25) is 0 Å². The first kappa shape index (κ1) is 16.7. The van der Waals surface area contributed by atoms with Crippen LogP contribution in [0.15, 0.2) is 48.7 Å². The molecule has 0 aliphatic carbocycles. The van der Waals surface area contributed by atoms with Crippen LogP contribution in [-0.4, -0.2) is 29.6 Å². The molecule has 0 saturated carbocycles. The van der Waals surface area contributed by atoms with Crippen molar-refractivity contribution in [1.29, 1.82) is 0 Å². The van der Waals surface area contributed by atoms with Crippen LogP contribution in [0.2, 0.25) is 0 Å². The second kappa shape index (κ2) is 8.66. The van der Waals surface area contributed by atoms with E-state index in [1.165, 1.54) is 11.1 Å². The van der Waals surface area contributed by atoms with Gasteiger partial charge in [0.15, 0.2) is 0 Å². The lowest BCUT2D eigenvalue weighted by molar-refractivity contribution is 0.0518. The molecule has 0 bridgehead atoms. The van der Waals surface area contributed by atoms with E-state index in [2.05, 4.69) is 61.0 Å². The SMILES string of the molecule is CCN(CC)C(COCc1ccc(C)cc1)c1ccccn1. The fourth-order valence-electron chi connectivity index (χ4n) is 2.59. The van der Waals surface area contributed by atoms with Crippen LogP contribution in [0.25, 0.3) is 0 Å². The van der Waals surface area contributed by atoms with Gasteiger partial charge in [0.1, 0.15) is 0 Å². The molecule has 0 N–H and O–H groups in total. The highest BCUT2D eigenvalue weighted by atomic mass is 16.5. The molecule has 1 unspecified atom stereocenters. The van der Waals surface area contributed by atoms with E-state index in [4.69, 9.17) is 4.74 Å². The van der Waals surface area contributed by atoms with E-state index >= 15 is 0 Å². The third-order valence-electron chi connectivity index (χ3n) is 3.95. The maximum atomic E-state index is 5.98. The molecule has 0 saturated heterocycles. The molecule has 1 aromatic heterocycles. The Hall–Kier alpha value is -1.71. The summed E-state index contributed by atoms with van der Waals surface area (Å²) in [6.07, 6.45) is 1.85. The van der Waals surface area contributed by atoms with Crippen LogP contribution in [-0.2, 0) is 11.3 Å². The summed E-state index contributed by atoms with van der Waals surface area (Å²) in [4.78, 5) is 6.90. The molecule has 0 radical (unpaired) electrons. The van der Waals surface area contributed by atoms with Crippen LogP contribution < -0.4 is 0 Å². The van der Waals surface area contributed by atoms with Crippen molar-refractivity contribution in [3.63, 3.8) is 0 Å². The number of benzene rings is 1. The van der Waals surface area contributed by atoms with Gasteiger partial charge in [0.25, 0.3) is 0 Å². The fraction of sp³-hybridized carbons (Fsp3) is 0.421. The highest BCUT2D eigenvalue weighted by molar-refractivity contribution is 5.20. The molecule has 118 valence electrons. The van der Waals surface area contributed by atoms with Crippen LogP contribution in [0, 0.1) is 6.92 Å². The lowest BCUT2D eigenvalue weighted by Gasteiger charge is -2.29. The molecular weight excluding hydrogens is 272 g/mol. The lowest BCUT2D eigenvalue weighted by Crippen LogP contribution is -2.32. The number of pyridine rings is 1. The van der Waals surface area contributed by atoms with E-state index in [0.29, 0.717) is 13.2 Å². The highest BCUT2D eigenvalue weighted by Crippen LogP contribution is 2.19. The number of hydrogen-bond donors (Lipinski definition) is 0. The maximum Gasteiger partial charge on any atom is 0.0757 e. The van der Waals surface area contributed by atoms with Crippen molar-refractivity contribution in [3.8, 4) is 0 Å². The van der Waals surface area contributed by atoms with Crippen LogP contribution in [0.5, 0.6) is 0 Å². The molecule has 22 heavy (non-hydrogen) atoms. The summed E-state index contributed by atoms with van der Waals surface area (Å²) < 4.78 is 5.98. The van der Waals surface area contributed by atoms with E-state index in [1.807, 2.05) is 18.3 Å². The van der Waals surface area contributed by atoms with Crippen LogP contribution in [0.1, 0.15) is 36.7 Å². The zero-order chi connectivity index (χ0) is 15.8. The standard InChI is InChI=1S/C19H26N2O/c1-4-21(5-2)19(18-8-6-7-13-20-18)15-22-14-17-11-9-16(3)10-12-17/h6-13,19H,4-5,14-15H2,1-3H3. The zero-order valence-electron chi connectivity index (χ0n) is 13.8. The van der Waals surface area contributed by atoms with E-state index < -0.39 is 0 Å². The summed E-state index contributed by atoms with van der Waals surface area (Å²) in [5.74, 6) is 0. The largest absolute Gasteiger partial charge is 0.375 e. The summed E-state index contributed by atoms with van der Waals surface area (Å²) in [5, 5.41) is 0. The van der Waals surface area contributed by atoms with Crippen molar-refractivity contribution in [2.75, 3.05) is 19.7 Å². The van der Waals surface area contributed by atoms with Gasteiger partial charge in [-0.1, -0.05) is 49.7 Å². The Labute approximate surface area is 134 Å². The number of likely N-dealkylation sites (N-methyl/N-ethyl adjacent to an activating group) is 1. The number of hydrogen-bond acceptors (Lipinski definition) is 3. The molecule has 0 fully saturated rings. The monoisotopic (exact) mass is 298 g/mol. The van der Waals surface area contributed by atoms with Crippen molar-refractivity contribution < 1.29 is 4.74 Å². The van der Waals surface area contributed by atoms with Gasteiger partial charge >= 0.3 is 0 Å². The topological polar surface area (TPSA) is 25.4 Å². The summed E-state index contributed by atoms with van der Waals surface area (Å²) in [6.45, 7) is 9.75. The second-order valence-electron chi connectivity index (χ2n) is 5.49. The fourth-order valence-corrected chi connectivity index (χ4v) is 2.59. The van der Waals surface area contributed by atoms with E-state index in [9.17, 15) is 0 Å². The van der Waals surface area contributed by atoms with Crippen LogP contribution in [0.3, 0.4) is 0 Å². The van der Waals surface area contributed by atoms with Crippen molar-refractivity contribution in [3.05, 3.63) is 65.5 Å². The average molecular weight is 298 g/mol. The molecule has 3 heteroatoms. The number of aryl methyl sites for hydroxylation is 1. The Morgan fingerprint density at radius 1 is 1.05 bits per heavy atom. The van der Waals surface area contributed by atoms with E-state index in [-0.39, 0.29) is 6.04 Å². The predicted molar refractivity (Wildman–Crippen MR) is 90.7 cm³/mol. The third-order valence-corrected chi connectivity index (χ3v) is 3.95. The first-order valence-corrected chi connectivity index (χ1v) is 8.02. The number of rotatable bonds is 8. The quantitative estimate of drug-likeness (QED) is 0.737. The Balaban J connectivity index is 1.99. The minimum atomic E-state index is 0.210. The zero-order valence-corrected chi connectivity index (χ0v) is 13.8.